The lowest BCUT2D eigenvalue weighted by atomic mass is 9.84. The number of nitrogens with one attached hydrogen (secondary N) is 1. The Bertz CT molecular complexity index is 638. The van der Waals surface area contributed by atoms with Crippen molar-refractivity contribution in [2.24, 2.45) is 11.7 Å². The largest absolute Gasteiger partial charge is 0.472 e. The van der Waals surface area contributed by atoms with Crippen molar-refractivity contribution in [3.05, 3.63) is 24.5 Å². The molecule has 138 valence electrons. The number of halogens is 1. The van der Waals surface area contributed by atoms with Crippen molar-refractivity contribution in [1.29, 1.82) is 0 Å². The summed E-state index contributed by atoms with van der Waals surface area (Å²) in [6.07, 6.45) is 9.90. The number of nitrogens with two attached hydrogens (primary N) is 1. The molecule has 2 aromatic rings. The minimum Gasteiger partial charge on any atom is -0.472 e. The summed E-state index contributed by atoms with van der Waals surface area (Å²) in [4.78, 5) is 16.5. The van der Waals surface area contributed by atoms with Gasteiger partial charge in [-0.05, 0) is 24.8 Å². The van der Waals surface area contributed by atoms with Crippen molar-refractivity contribution < 1.29 is 13.7 Å². The number of carbonyl (C=O) groups is 1. The Morgan fingerprint density at radius 2 is 2.16 bits per heavy atom. The van der Waals surface area contributed by atoms with Crippen LogP contribution in [0.25, 0.3) is 11.4 Å². The zero-order valence-corrected chi connectivity index (χ0v) is 15.0. The zero-order valence-electron chi connectivity index (χ0n) is 14.1. The molecule has 0 bridgehead atoms. The number of aryl methyl sites for hydroxylation is 1. The van der Waals surface area contributed by atoms with Gasteiger partial charge < -0.3 is 20.0 Å². The van der Waals surface area contributed by atoms with Gasteiger partial charge in [-0.3, -0.25) is 4.79 Å². The number of hydrogen-bond acceptors (Lipinski definition) is 6. The summed E-state index contributed by atoms with van der Waals surface area (Å²) in [5.41, 5.74) is 6.61. The van der Waals surface area contributed by atoms with Crippen LogP contribution >= 0.6 is 12.4 Å². The van der Waals surface area contributed by atoms with Crippen LogP contribution in [0.15, 0.2) is 27.5 Å². The van der Waals surface area contributed by atoms with E-state index in [1.807, 2.05) is 0 Å². The van der Waals surface area contributed by atoms with Gasteiger partial charge in [0.25, 0.3) is 0 Å². The zero-order chi connectivity index (χ0) is 16.8. The lowest BCUT2D eigenvalue weighted by Gasteiger charge is -2.30. The Morgan fingerprint density at radius 3 is 2.84 bits per heavy atom. The molecule has 7 nitrogen and oxygen atoms in total. The van der Waals surface area contributed by atoms with E-state index in [-0.39, 0.29) is 24.4 Å². The first kappa shape index (κ1) is 19.5. The number of nitrogens with zero attached hydrogens (tertiary/aromatic N) is 2. The summed E-state index contributed by atoms with van der Waals surface area (Å²) in [6, 6.07) is 1.83. The van der Waals surface area contributed by atoms with Gasteiger partial charge in [-0.2, -0.15) is 4.98 Å². The minimum absolute atomic E-state index is 0. The third-order valence-corrected chi connectivity index (χ3v) is 4.63. The Hall–Kier alpha value is -1.86. The van der Waals surface area contributed by atoms with Crippen LogP contribution in [0, 0.1) is 5.92 Å². The molecule has 1 aliphatic carbocycles. The highest BCUT2D eigenvalue weighted by molar-refractivity contribution is 5.85. The summed E-state index contributed by atoms with van der Waals surface area (Å²) in [5, 5.41) is 6.96. The normalized spacial score (nSPS) is 16.2. The fraction of sp³-hybridized carbons (Fsp3) is 0.588. The fourth-order valence-electron chi connectivity index (χ4n) is 3.27. The molecule has 1 saturated carbocycles. The first-order valence-corrected chi connectivity index (χ1v) is 8.61. The predicted molar refractivity (Wildman–Crippen MR) is 95.1 cm³/mol. The van der Waals surface area contributed by atoms with Crippen LogP contribution < -0.4 is 11.1 Å². The van der Waals surface area contributed by atoms with Crippen molar-refractivity contribution in [2.75, 3.05) is 6.54 Å². The van der Waals surface area contributed by atoms with E-state index < -0.39 is 0 Å². The molecule has 1 amide bonds. The quantitative estimate of drug-likeness (QED) is 0.778. The maximum absolute atomic E-state index is 12.2. The van der Waals surface area contributed by atoms with Crippen molar-refractivity contribution >= 4 is 18.3 Å². The molecular formula is C17H25ClN4O3. The van der Waals surface area contributed by atoms with Crippen molar-refractivity contribution in [2.45, 2.75) is 51.0 Å². The highest BCUT2D eigenvalue weighted by atomic mass is 35.5. The molecule has 2 heterocycles. The summed E-state index contributed by atoms with van der Waals surface area (Å²) < 4.78 is 10.2. The third-order valence-electron chi connectivity index (χ3n) is 4.63. The summed E-state index contributed by atoms with van der Waals surface area (Å²) in [6.45, 7) is 0.488. The van der Waals surface area contributed by atoms with Gasteiger partial charge in [0.05, 0.1) is 11.8 Å². The SMILES string of the molecule is Cl.NCC(NC(=O)CCc1nc(-c2ccoc2)no1)C1CCCCC1. The number of carbonyl (C=O) groups excluding carboxylic acids is 1. The summed E-state index contributed by atoms with van der Waals surface area (Å²) >= 11 is 0. The van der Waals surface area contributed by atoms with E-state index in [1.54, 1.807) is 18.6 Å². The Kier molecular flexibility index (Phi) is 7.46. The van der Waals surface area contributed by atoms with E-state index in [1.165, 1.54) is 19.3 Å². The van der Waals surface area contributed by atoms with E-state index in [9.17, 15) is 4.79 Å². The second-order valence-corrected chi connectivity index (χ2v) is 6.33. The molecule has 3 N–H and O–H groups in total. The highest BCUT2D eigenvalue weighted by Gasteiger charge is 2.24. The van der Waals surface area contributed by atoms with Crippen LogP contribution in [0.4, 0.5) is 0 Å². The summed E-state index contributed by atoms with van der Waals surface area (Å²) in [5.74, 6) is 1.41. The maximum atomic E-state index is 12.2. The van der Waals surface area contributed by atoms with Crippen molar-refractivity contribution in [1.82, 2.24) is 15.5 Å². The highest BCUT2D eigenvalue weighted by Crippen LogP contribution is 2.26. The molecule has 8 heteroatoms. The average molecular weight is 369 g/mol. The number of furan rings is 1. The van der Waals surface area contributed by atoms with Crippen LogP contribution in [-0.2, 0) is 11.2 Å². The number of aromatic nitrogens is 2. The minimum atomic E-state index is -0.0147. The van der Waals surface area contributed by atoms with Gasteiger partial charge in [-0.15, -0.1) is 12.4 Å². The van der Waals surface area contributed by atoms with Crippen LogP contribution in [0.2, 0.25) is 0 Å². The van der Waals surface area contributed by atoms with Gasteiger partial charge in [0.2, 0.25) is 17.6 Å². The molecule has 2 aromatic heterocycles. The molecule has 0 aliphatic heterocycles. The van der Waals surface area contributed by atoms with E-state index >= 15 is 0 Å². The van der Waals surface area contributed by atoms with Crippen molar-refractivity contribution in [3.8, 4) is 11.4 Å². The van der Waals surface area contributed by atoms with Gasteiger partial charge in [0, 0.05) is 25.4 Å². The second-order valence-electron chi connectivity index (χ2n) is 6.33. The molecule has 0 saturated heterocycles. The molecule has 0 aromatic carbocycles. The number of amides is 1. The van der Waals surface area contributed by atoms with Crippen LogP contribution in [0.3, 0.4) is 0 Å². The standard InChI is InChI=1S/C17H24N4O3.ClH/c18-10-14(12-4-2-1-3-5-12)19-15(22)6-7-16-20-17(21-24-16)13-8-9-23-11-13;/h8-9,11-12,14H,1-7,10,18H2,(H,19,22);1H. The Morgan fingerprint density at radius 1 is 1.36 bits per heavy atom. The monoisotopic (exact) mass is 368 g/mol. The van der Waals surface area contributed by atoms with E-state index in [2.05, 4.69) is 15.5 Å². The molecule has 3 rings (SSSR count). The molecular weight excluding hydrogens is 344 g/mol. The maximum Gasteiger partial charge on any atom is 0.227 e. The van der Waals surface area contributed by atoms with Gasteiger partial charge in [0.15, 0.2) is 0 Å². The first-order valence-electron chi connectivity index (χ1n) is 8.61. The third kappa shape index (κ3) is 5.31. The van der Waals surface area contributed by atoms with E-state index in [4.69, 9.17) is 14.7 Å². The topological polar surface area (TPSA) is 107 Å². The van der Waals surface area contributed by atoms with Gasteiger partial charge >= 0.3 is 0 Å². The second kappa shape index (κ2) is 9.58. The Labute approximate surface area is 153 Å². The van der Waals surface area contributed by atoms with Gasteiger partial charge in [-0.1, -0.05) is 24.4 Å². The predicted octanol–water partition coefficient (Wildman–Crippen LogP) is 2.71. The lowest BCUT2D eigenvalue weighted by molar-refractivity contribution is -0.122. The van der Waals surface area contributed by atoms with Gasteiger partial charge in [0.1, 0.15) is 6.26 Å². The fourth-order valence-corrected chi connectivity index (χ4v) is 3.27. The average Bonchev–Trinajstić information content (AvgIpc) is 3.29. The molecule has 1 unspecified atom stereocenters. The molecule has 25 heavy (non-hydrogen) atoms. The lowest BCUT2D eigenvalue weighted by Crippen LogP contribution is -2.46. The number of rotatable bonds is 7. The van der Waals surface area contributed by atoms with Crippen LogP contribution in [-0.4, -0.2) is 28.6 Å². The van der Waals surface area contributed by atoms with Crippen LogP contribution in [0.5, 0.6) is 0 Å². The van der Waals surface area contributed by atoms with Crippen molar-refractivity contribution in [3.63, 3.8) is 0 Å². The van der Waals surface area contributed by atoms with E-state index in [0.29, 0.717) is 37.0 Å². The molecule has 0 spiro atoms. The smallest absolute Gasteiger partial charge is 0.227 e. The number of hydrogen-bond donors (Lipinski definition) is 2. The molecule has 1 aliphatic rings. The first-order chi connectivity index (χ1) is 11.8. The summed E-state index contributed by atoms with van der Waals surface area (Å²) in [7, 11) is 0. The molecule has 1 fully saturated rings. The molecule has 0 radical (unpaired) electrons. The van der Waals surface area contributed by atoms with Crippen LogP contribution in [0.1, 0.15) is 44.4 Å². The van der Waals surface area contributed by atoms with Gasteiger partial charge in [-0.25, -0.2) is 0 Å². The van der Waals surface area contributed by atoms with E-state index in [0.717, 1.165) is 18.4 Å². The Balaban J connectivity index is 0.00000225. The molecule has 1 atom stereocenters.